The van der Waals surface area contributed by atoms with Gasteiger partial charge in [-0.05, 0) is 25.0 Å². The number of pyridine rings is 1. The van der Waals surface area contributed by atoms with Crippen molar-refractivity contribution < 1.29 is 22.8 Å². The van der Waals surface area contributed by atoms with E-state index in [9.17, 15) is 22.8 Å². The van der Waals surface area contributed by atoms with Crippen molar-refractivity contribution in [3.05, 3.63) is 29.6 Å². The molecular formula is C15H15F3N4O2. The van der Waals surface area contributed by atoms with Crippen LogP contribution in [0.2, 0.25) is 0 Å². The van der Waals surface area contributed by atoms with E-state index in [0.29, 0.717) is 4.90 Å². The number of halogens is 3. The molecule has 1 aliphatic rings. The monoisotopic (exact) mass is 340 g/mol. The standard InChI is InChI=1S/C15H15F3N4O2/c1-9(23)21-11-2-3-13(15(16,17)18)22(8-11)14(24)10-4-5-20-12(6-10)7-19/h4-6,11,13H,2-3,8H2,1H3,(H,21,23)/t11-,13-/m1/s1. The van der Waals surface area contributed by atoms with Gasteiger partial charge >= 0.3 is 6.18 Å². The molecule has 1 aromatic heterocycles. The summed E-state index contributed by atoms with van der Waals surface area (Å²) in [6, 6.07) is 1.69. The van der Waals surface area contributed by atoms with Gasteiger partial charge in [-0.15, -0.1) is 0 Å². The lowest BCUT2D eigenvalue weighted by Crippen LogP contribution is -2.58. The van der Waals surface area contributed by atoms with Crippen LogP contribution in [0.15, 0.2) is 18.3 Å². The molecule has 2 amide bonds. The Morgan fingerprint density at radius 3 is 2.71 bits per heavy atom. The topological polar surface area (TPSA) is 86.1 Å². The highest BCUT2D eigenvalue weighted by atomic mass is 19.4. The van der Waals surface area contributed by atoms with Crippen LogP contribution in [0.5, 0.6) is 0 Å². The zero-order chi connectivity index (χ0) is 17.9. The molecule has 128 valence electrons. The number of nitrogens with one attached hydrogen (secondary N) is 1. The van der Waals surface area contributed by atoms with Crippen molar-refractivity contribution in [3.8, 4) is 6.07 Å². The zero-order valence-electron chi connectivity index (χ0n) is 12.8. The summed E-state index contributed by atoms with van der Waals surface area (Å²) in [5.74, 6) is -1.21. The molecule has 6 nitrogen and oxygen atoms in total. The van der Waals surface area contributed by atoms with E-state index in [-0.39, 0.29) is 36.6 Å². The predicted molar refractivity (Wildman–Crippen MR) is 76.7 cm³/mol. The third kappa shape index (κ3) is 4.01. The predicted octanol–water partition coefficient (Wildman–Crippen LogP) is 1.62. The Balaban J connectivity index is 2.30. The van der Waals surface area contributed by atoms with Gasteiger partial charge in [0.05, 0.1) is 0 Å². The van der Waals surface area contributed by atoms with Gasteiger partial charge in [0, 0.05) is 31.3 Å². The van der Waals surface area contributed by atoms with Crippen molar-refractivity contribution in [3.63, 3.8) is 0 Å². The summed E-state index contributed by atoms with van der Waals surface area (Å²) in [7, 11) is 0. The fourth-order valence-electron chi connectivity index (χ4n) is 2.73. The number of amides is 2. The second kappa shape index (κ2) is 6.86. The minimum Gasteiger partial charge on any atom is -0.352 e. The summed E-state index contributed by atoms with van der Waals surface area (Å²) < 4.78 is 39.8. The molecule has 2 atom stereocenters. The molecule has 0 unspecified atom stereocenters. The molecule has 0 radical (unpaired) electrons. The molecular weight excluding hydrogens is 325 g/mol. The number of aromatic nitrogens is 1. The summed E-state index contributed by atoms with van der Waals surface area (Å²) >= 11 is 0. The Labute approximate surface area is 136 Å². The fraction of sp³-hybridized carbons (Fsp3) is 0.467. The van der Waals surface area contributed by atoms with Crippen LogP contribution in [0.4, 0.5) is 13.2 Å². The number of carbonyl (C=O) groups excluding carboxylic acids is 2. The van der Waals surface area contributed by atoms with Crippen molar-refractivity contribution in [1.82, 2.24) is 15.2 Å². The highest BCUT2D eigenvalue weighted by molar-refractivity contribution is 5.94. The summed E-state index contributed by atoms with van der Waals surface area (Å²) in [5, 5.41) is 11.4. The van der Waals surface area contributed by atoms with Crippen LogP contribution < -0.4 is 5.32 Å². The first kappa shape index (κ1) is 17.7. The molecule has 2 heterocycles. The zero-order valence-corrected chi connectivity index (χ0v) is 12.8. The smallest absolute Gasteiger partial charge is 0.352 e. The number of alkyl halides is 3. The number of likely N-dealkylation sites (tertiary alicyclic amines) is 1. The average Bonchev–Trinajstić information content (AvgIpc) is 2.52. The largest absolute Gasteiger partial charge is 0.408 e. The van der Waals surface area contributed by atoms with Crippen molar-refractivity contribution >= 4 is 11.8 Å². The molecule has 9 heteroatoms. The number of rotatable bonds is 2. The maximum absolute atomic E-state index is 13.3. The molecule has 1 aromatic rings. The minimum absolute atomic E-state index is 0.0423. The molecule has 0 aliphatic carbocycles. The van der Waals surface area contributed by atoms with E-state index in [0.717, 1.165) is 6.07 Å². The van der Waals surface area contributed by atoms with Crippen LogP contribution in [0, 0.1) is 11.3 Å². The third-order valence-electron chi connectivity index (χ3n) is 3.75. The lowest BCUT2D eigenvalue weighted by atomic mass is 9.96. The first-order valence-corrected chi connectivity index (χ1v) is 7.23. The summed E-state index contributed by atoms with van der Waals surface area (Å²) in [6.45, 7) is 1.02. The highest BCUT2D eigenvalue weighted by Crippen LogP contribution is 2.33. The molecule has 2 rings (SSSR count). The molecule has 0 saturated carbocycles. The number of nitrogens with zero attached hydrogens (tertiary/aromatic N) is 3. The van der Waals surface area contributed by atoms with Gasteiger partial charge in [-0.1, -0.05) is 0 Å². The Kier molecular flexibility index (Phi) is 5.07. The van der Waals surface area contributed by atoms with Crippen LogP contribution in [0.3, 0.4) is 0 Å². The second-order valence-corrected chi connectivity index (χ2v) is 5.53. The third-order valence-corrected chi connectivity index (χ3v) is 3.75. The Hall–Kier alpha value is -2.63. The fourth-order valence-corrected chi connectivity index (χ4v) is 2.73. The molecule has 0 spiro atoms. The number of hydrogen-bond donors (Lipinski definition) is 1. The minimum atomic E-state index is -4.57. The highest BCUT2D eigenvalue weighted by Gasteiger charge is 2.48. The van der Waals surface area contributed by atoms with E-state index in [1.165, 1.54) is 19.2 Å². The Morgan fingerprint density at radius 2 is 2.12 bits per heavy atom. The van der Waals surface area contributed by atoms with Crippen molar-refractivity contribution in [1.29, 1.82) is 5.26 Å². The van der Waals surface area contributed by atoms with Gasteiger partial charge in [-0.2, -0.15) is 18.4 Å². The lowest BCUT2D eigenvalue weighted by molar-refractivity contribution is -0.184. The lowest BCUT2D eigenvalue weighted by Gasteiger charge is -2.40. The first-order valence-electron chi connectivity index (χ1n) is 7.23. The van der Waals surface area contributed by atoms with Gasteiger partial charge in [0.15, 0.2) is 0 Å². The van der Waals surface area contributed by atoms with Gasteiger partial charge in [-0.3, -0.25) is 9.59 Å². The van der Waals surface area contributed by atoms with Crippen LogP contribution in [0.25, 0.3) is 0 Å². The number of hydrogen-bond acceptors (Lipinski definition) is 4. The second-order valence-electron chi connectivity index (χ2n) is 5.53. The summed E-state index contributed by atoms with van der Waals surface area (Å²) in [4.78, 5) is 28.1. The van der Waals surface area contributed by atoms with Crippen molar-refractivity contribution in [2.24, 2.45) is 0 Å². The summed E-state index contributed by atoms with van der Waals surface area (Å²) in [6.07, 6.45) is -3.53. The number of piperidine rings is 1. The van der Waals surface area contributed by atoms with Gasteiger partial charge in [0.2, 0.25) is 5.91 Å². The van der Waals surface area contributed by atoms with E-state index in [1.807, 2.05) is 0 Å². The van der Waals surface area contributed by atoms with E-state index in [1.54, 1.807) is 6.07 Å². The molecule has 1 N–H and O–H groups in total. The van der Waals surface area contributed by atoms with E-state index >= 15 is 0 Å². The summed E-state index contributed by atoms with van der Waals surface area (Å²) in [5.41, 5.74) is -0.0981. The van der Waals surface area contributed by atoms with E-state index in [4.69, 9.17) is 5.26 Å². The maximum Gasteiger partial charge on any atom is 0.408 e. The van der Waals surface area contributed by atoms with E-state index < -0.39 is 24.2 Å². The number of carbonyl (C=O) groups is 2. The first-order chi connectivity index (χ1) is 11.2. The van der Waals surface area contributed by atoms with Crippen LogP contribution in [0.1, 0.15) is 35.8 Å². The van der Waals surface area contributed by atoms with Crippen molar-refractivity contribution in [2.45, 2.75) is 38.0 Å². The van der Waals surface area contributed by atoms with Crippen molar-refractivity contribution in [2.75, 3.05) is 6.54 Å². The normalized spacial score (nSPS) is 21.0. The van der Waals surface area contributed by atoms with Gasteiger partial charge in [-0.25, -0.2) is 4.98 Å². The molecule has 1 aliphatic heterocycles. The number of nitriles is 1. The Morgan fingerprint density at radius 1 is 1.42 bits per heavy atom. The quantitative estimate of drug-likeness (QED) is 0.886. The molecule has 0 bridgehead atoms. The van der Waals surface area contributed by atoms with Gasteiger partial charge in [0.25, 0.3) is 5.91 Å². The van der Waals surface area contributed by atoms with Gasteiger partial charge in [0.1, 0.15) is 17.8 Å². The average molecular weight is 340 g/mol. The molecule has 24 heavy (non-hydrogen) atoms. The van der Waals surface area contributed by atoms with Crippen LogP contribution in [-0.2, 0) is 4.79 Å². The van der Waals surface area contributed by atoms with Crippen LogP contribution in [-0.4, -0.2) is 46.5 Å². The maximum atomic E-state index is 13.3. The Bertz CT molecular complexity index is 684. The molecule has 0 aromatic carbocycles. The molecule has 1 saturated heterocycles. The van der Waals surface area contributed by atoms with E-state index in [2.05, 4.69) is 10.3 Å². The molecule has 1 fully saturated rings. The van der Waals surface area contributed by atoms with Crippen LogP contribution >= 0.6 is 0 Å². The van der Waals surface area contributed by atoms with Gasteiger partial charge < -0.3 is 10.2 Å². The SMILES string of the molecule is CC(=O)N[C@@H]1CC[C@H](C(F)(F)F)N(C(=O)c2ccnc(C#N)c2)C1.